The van der Waals surface area contributed by atoms with Crippen LogP contribution in [0.1, 0.15) is 30.9 Å². The molecule has 0 saturated heterocycles. The third-order valence-electron chi connectivity index (χ3n) is 5.77. The Morgan fingerprint density at radius 2 is 1.97 bits per heavy atom. The average Bonchev–Trinajstić information content (AvgIpc) is 3.22. The van der Waals surface area contributed by atoms with Crippen LogP contribution in [-0.2, 0) is 22.4 Å². The van der Waals surface area contributed by atoms with E-state index in [-0.39, 0.29) is 12.2 Å². The summed E-state index contributed by atoms with van der Waals surface area (Å²) in [6.45, 7) is 1.63. The van der Waals surface area contributed by atoms with Crippen molar-refractivity contribution >= 4 is 33.7 Å². The number of phenolic OH excluding ortho intramolecular Hbond substituents is 1. The van der Waals surface area contributed by atoms with E-state index in [2.05, 4.69) is 17.2 Å². The Kier molecular flexibility index (Phi) is 7.05. The number of ether oxygens (including phenoxy) is 1. The summed E-state index contributed by atoms with van der Waals surface area (Å²) in [5.41, 5.74) is 2.13. The van der Waals surface area contributed by atoms with Gasteiger partial charge in [-0.2, -0.15) is 0 Å². The molecule has 3 N–H and O–H groups in total. The SMILES string of the molecule is CCCCc1cc(=O)oc2cc(OCC(=O)N[C@H](Cc3c[nH]c4ccc(O)cc34)C(=O)[O-])ccc12. The van der Waals surface area contributed by atoms with E-state index in [1.54, 1.807) is 24.4 Å². The molecule has 0 aliphatic heterocycles. The monoisotopic (exact) mass is 477 g/mol. The number of nitrogens with one attached hydrogen (secondary N) is 2. The fourth-order valence-electron chi connectivity index (χ4n) is 4.01. The molecule has 1 atom stereocenters. The second kappa shape index (κ2) is 10.3. The number of amides is 1. The molecule has 0 fully saturated rings. The molecule has 9 nitrogen and oxygen atoms in total. The molecule has 0 radical (unpaired) electrons. The fraction of sp³-hybridized carbons (Fsp3) is 0.269. The van der Waals surface area contributed by atoms with Gasteiger partial charge in [-0.15, -0.1) is 0 Å². The Labute approximate surface area is 200 Å². The van der Waals surface area contributed by atoms with Crippen LogP contribution in [0.3, 0.4) is 0 Å². The maximum Gasteiger partial charge on any atom is 0.336 e. The maximum absolute atomic E-state index is 12.4. The number of unbranched alkanes of at least 4 members (excludes halogenated alkanes) is 1. The van der Waals surface area contributed by atoms with E-state index in [9.17, 15) is 24.6 Å². The molecule has 4 aromatic rings. The van der Waals surface area contributed by atoms with Crippen LogP contribution in [0.2, 0.25) is 0 Å². The van der Waals surface area contributed by atoms with Crippen molar-refractivity contribution < 1.29 is 29.0 Å². The minimum atomic E-state index is -1.44. The Balaban J connectivity index is 1.42. The topological polar surface area (TPSA) is 145 Å². The van der Waals surface area contributed by atoms with Gasteiger partial charge in [0.25, 0.3) is 5.91 Å². The minimum Gasteiger partial charge on any atom is -0.548 e. The van der Waals surface area contributed by atoms with Crippen LogP contribution in [0.25, 0.3) is 21.9 Å². The van der Waals surface area contributed by atoms with E-state index in [4.69, 9.17) is 9.15 Å². The highest BCUT2D eigenvalue weighted by Gasteiger charge is 2.17. The number of carboxylic acid groups (broad SMARTS) is 1. The van der Waals surface area contributed by atoms with Gasteiger partial charge in [0.15, 0.2) is 6.61 Å². The summed E-state index contributed by atoms with van der Waals surface area (Å²) in [6.07, 6.45) is 4.27. The van der Waals surface area contributed by atoms with Gasteiger partial charge in [-0.25, -0.2) is 4.79 Å². The molecular formula is C26H25N2O7-. The number of phenols is 1. The van der Waals surface area contributed by atoms with Crippen LogP contribution in [-0.4, -0.2) is 34.6 Å². The van der Waals surface area contributed by atoms with Gasteiger partial charge in [0.05, 0.1) is 12.0 Å². The predicted molar refractivity (Wildman–Crippen MR) is 127 cm³/mol. The minimum absolute atomic E-state index is 0.0425. The van der Waals surface area contributed by atoms with Crippen LogP contribution in [0.4, 0.5) is 0 Å². The molecule has 0 unspecified atom stereocenters. The molecule has 0 saturated carbocycles. The number of carbonyl (C=O) groups is 2. The van der Waals surface area contributed by atoms with Crippen molar-refractivity contribution in [1.82, 2.24) is 10.3 Å². The molecule has 0 aliphatic rings. The lowest BCUT2D eigenvalue weighted by molar-refractivity contribution is -0.308. The molecule has 1 amide bonds. The summed E-state index contributed by atoms with van der Waals surface area (Å²) >= 11 is 0. The molecule has 2 aromatic heterocycles. The molecule has 0 aliphatic carbocycles. The van der Waals surface area contributed by atoms with Gasteiger partial charge in [0.1, 0.15) is 17.1 Å². The highest BCUT2D eigenvalue weighted by atomic mass is 16.5. The van der Waals surface area contributed by atoms with Crippen molar-refractivity contribution in [3.05, 3.63) is 70.2 Å². The van der Waals surface area contributed by atoms with Crippen molar-refractivity contribution in [3.8, 4) is 11.5 Å². The molecule has 2 heterocycles. The summed E-state index contributed by atoms with van der Waals surface area (Å²) in [6, 6.07) is 9.87. The van der Waals surface area contributed by atoms with E-state index in [1.165, 1.54) is 24.3 Å². The van der Waals surface area contributed by atoms with Crippen molar-refractivity contribution in [1.29, 1.82) is 0 Å². The Morgan fingerprint density at radius 1 is 1.14 bits per heavy atom. The second-order valence-electron chi connectivity index (χ2n) is 8.33. The number of aromatic nitrogens is 1. The molecule has 182 valence electrons. The molecule has 35 heavy (non-hydrogen) atoms. The number of aromatic hydroxyl groups is 1. The first-order chi connectivity index (χ1) is 16.8. The van der Waals surface area contributed by atoms with Gasteiger partial charge < -0.3 is 34.5 Å². The predicted octanol–water partition coefficient (Wildman–Crippen LogP) is 2.18. The van der Waals surface area contributed by atoms with Gasteiger partial charge >= 0.3 is 5.63 Å². The third-order valence-corrected chi connectivity index (χ3v) is 5.77. The Bertz CT molecular complexity index is 1440. The lowest BCUT2D eigenvalue weighted by Gasteiger charge is -2.19. The number of fused-ring (bicyclic) bond motifs is 2. The third kappa shape index (κ3) is 5.63. The summed E-state index contributed by atoms with van der Waals surface area (Å²) in [5, 5.41) is 25.2. The second-order valence-corrected chi connectivity index (χ2v) is 8.33. The first kappa shape index (κ1) is 23.9. The molecule has 4 rings (SSSR count). The van der Waals surface area contributed by atoms with Gasteiger partial charge in [0, 0.05) is 41.0 Å². The number of rotatable bonds is 10. The molecular weight excluding hydrogens is 452 g/mol. The van der Waals surface area contributed by atoms with Crippen LogP contribution < -0.4 is 20.8 Å². The first-order valence-corrected chi connectivity index (χ1v) is 11.3. The quantitative estimate of drug-likeness (QED) is 0.297. The fourth-order valence-corrected chi connectivity index (χ4v) is 4.01. The van der Waals surface area contributed by atoms with Crippen LogP contribution >= 0.6 is 0 Å². The number of hydrogen-bond acceptors (Lipinski definition) is 7. The van der Waals surface area contributed by atoms with Crippen molar-refractivity contribution in [2.24, 2.45) is 0 Å². The van der Waals surface area contributed by atoms with Gasteiger partial charge in [-0.3, -0.25) is 4.79 Å². The molecule has 9 heteroatoms. The maximum atomic E-state index is 12.4. The lowest BCUT2D eigenvalue weighted by atomic mass is 10.0. The standard InChI is InChI=1S/C26H26N2O7/c1-2-3-4-15-10-25(31)35-23-12-18(6-7-19(15)23)34-14-24(30)28-22(26(32)33)9-16-13-27-21-8-5-17(29)11-20(16)21/h5-8,10-13,22,27,29H,2-4,9,14H2,1H3,(H,28,30)(H,32,33)/p-1/t22-/m1/s1. The Hall–Kier alpha value is -4.27. The normalized spacial score (nSPS) is 12.0. The lowest BCUT2D eigenvalue weighted by Crippen LogP contribution is -2.50. The van der Waals surface area contributed by atoms with Crippen LogP contribution in [0, 0.1) is 0 Å². The van der Waals surface area contributed by atoms with E-state index < -0.39 is 30.2 Å². The molecule has 0 bridgehead atoms. The largest absolute Gasteiger partial charge is 0.548 e. The highest BCUT2D eigenvalue weighted by Crippen LogP contribution is 2.25. The number of H-pyrrole nitrogens is 1. The van der Waals surface area contributed by atoms with Gasteiger partial charge in [-0.1, -0.05) is 13.3 Å². The van der Waals surface area contributed by atoms with Gasteiger partial charge in [0.2, 0.25) is 0 Å². The summed E-state index contributed by atoms with van der Waals surface area (Å²) in [4.78, 5) is 39.0. The highest BCUT2D eigenvalue weighted by molar-refractivity contribution is 5.87. The van der Waals surface area contributed by atoms with Gasteiger partial charge in [-0.05, 0) is 54.3 Å². The molecule has 2 aromatic carbocycles. The number of carbonyl (C=O) groups excluding carboxylic acids is 2. The van der Waals surface area contributed by atoms with E-state index in [1.807, 2.05) is 0 Å². The first-order valence-electron chi connectivity index (χ1n) is 11.3. The van der Waals surface area contributed by atoms with Crippen molar-refractivity contribution in [2.45, 2.75) is 38.6 Å². The smallest absolute Gasteiger partial charge is 0.336 e. The number of aryl methyl sites for hydroxylation is 1. The van der Waals surface area contributed by atoms with E-state index >= 15 is 0 Å². The zero-order valence-corrected chi connectivity index (χ0v) is 19.1. The van der Waals surface area contributed by atoms with Crippen molar-refractivity contribution in [2.75, 3.05) is 6.61 Å². The average molecular weight is 477 g/mol. The summed E-state index contributed by atoms with van der Waals surface area (Å²) < 4.78 is 10.8. The summed E-state index contributed by atoms with van der Waals surface area (Å²) in [5.74, 6) is -1.75. The van der Waals surface area contributed by atoms with Crippen LogP contribution in [0.15, 0.2) is 57.9 Å². The number of aliphatic carboxylic acids is 1. The number of hydrogen-bond donors (Lipinski definition) is 3. The van der Waals surface area contributed by atoms with Crippen LogP contribution in [0.5, 0.6) is 11.5 Å². The van der Waals surface area contributed by atoms with Crippen molar-refractivity contribution in [3.63, 3.8) is 0 Å². The summed E-state index contributed by atoms with van der Waals surface area (Å²) in [7, 11) is 0. The zero-order valence-electron chi connectivity index (χ0n) is 19.1. The van der Waals surface area contributed by atoms with E-state index in [0.717, 1.165) is 35.7 Å². The number of benzene rings is 2. The Morgan fingerprint density at radius 3 is 2.74 bits per heavy atom. The zero-order chi connectivity index (χ0) is 24.9. The molecule has 0 spiro atoms. The number of aromatic amines is 1. The van der Waals surface area contributed by atoms with E-state index in [0.29, 0.717) is 22.3 Å². The number of carboxylic acids is 1.